The molecule has 2 aromatic rings. The lowest BCUT2D eigenvalue weighted by molar-refractivity contribution is 0.158. The van der Waals surface area contributed by atoms with Crippen molar-refractivity contribution in [2.24, 2.45) is 0 Å². The summed E-state index contributed by atoms with van der Waals surface area (Å²) in [6.07, 6.45) is 1.10. The van der Waals surface area contributed by atoms with Gasteiger partial charge in [-0.05, 0) is 38.1 Å². The summed E-state index contributed by atoms with van der Waals surface area (Å²) in [5.41, 5.74) is 2.19. The third-order valence-corrected chi connectivity index (χ3v) is 3.01. The second-order valence-corrected chi connectivity index (χ2v) is 4.65. The normalized spacial score (nSPS) is 13.1. The van der Waals surface area contributed by atoms with E-state index < -0.39 is 0 Å². The molecule has 0 aliphatic rings. The van der Waals surface area contributed by atoms with Gasteiger partial charge >= 0.3 is 0 Å². The van der Waals surface area contributed by atoms with Gasteiger partial charge in [0.05, 0.1) is 12.6 Å². The zero-order valence-electron chi connectivity index (χ0n) is 11.3. The van der Waals surface area contributed by atoms with E-state index in [1.54, 1.807) is 7.11 Å². The summed E-state index contributed by atoms with van der Waals surface area (Å²) < 4.78 is 11.1. The van der Waals surface area contributed by atoms with E-state index >= 15 is 0 Å². The van der Waals surface area contributed by atoms with Gasteiger partial charge in [0.2, 0.25) is 0 Å². The van der Waals surface area contributed by atoms with Gasteiger partial charge in [-0.25, -0.2) is 0 Å². The van der Waals surface area contributed by atoms with Crippen molar-refractivity contribution in [2.75, 3.05) is 20.3 Å². The van der Waals surface area contributed by atoms with Crippen LogP contribution in [0, 0.1) is 6.92 Å². The van der Waals surface area contributed by atoms with Crippen LogP contribution in [0.3, 0.4) is 0 Å². The molecule has 3 heteroatoms. The lowest BCUT2D eigenvalue weighted by atomic mass is 10.1. The molecule has 0 spiro atoms. The van der Waals surface area contributed by atoms with Gasteiger partial charge < -0.3 is 14.5 Å². The molecule has 1 aromatic carbocycles. The number of rotatable bonds is 6. The molecule has 18 heavy (non-hydrogen) atoms. The van der Waals surface area contributed by atoms with Gasteiger partial charge in [-0.3, -0.25) is 0 Å². The molecule has 1 aromatic heterocycles. The third-order valence-electron chi connectivity index (χ3n) is 3.01. The van der Waals surface area contributed by atoms with E-state index in [0.29, 0.717) is 6.61 Å². The fourth-order valence-corrected chi connectivity index (χ4v) is 2.08. The average Bonchev–Trinajstić information content (AvgIpc) is 2.77. The SMILES string of the molecule is CCCNC(COC)c1cc2cc(C)ccc2o1. The number of benzene rings is 1. The highest BCUT2D eigenvalue weighted by atomic mass is 16.5. The first-order valence-corrected chi connectivity index (χ1v) is 6.47. The van der Waals surface area contributed by atoms with E-state index in [0.717, 1.165) is 29.7 Å². The number of aryl methyl sites for hydroxylation is 1. The van der Waals surface area contributed by atoms with E-state index in [1.165, 1.54) is 5.56 Å². The molecule has 0 amide bonds. The Morgan fingerprint density at radius 1 is 1.33 bits per heavy atom. The van der Waals surface area contributed by atoms with Crippen molar-refractivity contribution in [2.45, 2.75) is 26.3 Å². The largest absolute Gasteiger partial charge is 0.459 e. The number of hydrogen-bond acceptors (Lipinski definition) is 3. The molecule has 1 N–H and O–H groups in total. The molecule has 1 heterocycles. The summed E-state index contributed by atoms with van der Waals surface area (Å²) in [7, 11) is 1.72. The second-order valence-electron chi connectivity index (χ2n) is 4.65. The molecule has 1 atom stereocenters. The van der Waals surface area contributed by atoms with Crippen molar-refractivity contribution in [1.82, 2.24) is 5.32 Å². The maximum absolute atomic E-state index is 5.89. The highest BCUT2D eigenvalue weighted by Crippen LogP contribution is 2.25. The number of fused-ring (bicyclic) bond motifs is 1. The van der Waals surface area contributed by atoms with Crippen molar-refractivity contribution in [3.63, 3.8) is 0 Å². The van der Waals surface area contributed by atoms with E-state index in [4.69, 9.17) is 9.15 Å². The first-order valence-electron chi connectivity index (χ1n) is 6.47. The summed E-state index contributed by atoms with van der Waals surface area (Å²) in [6.45, 7) is 5.83. The van der Waals surface area contributed by atoms with Crippen molar-refractivity contribution in [3.05, 3.63) is 35.6 Å². The molecule has 1 unspecified atom stereocenters. The highest BCUT2D eigenvalue weighted by Gasteiger charge is 2.15. The van der Waals surface area contributed by atoms with Crippen molar-refractivity contribution in [1.29, 1.82) is 0 Å². The average molecular weight is 247 g/mol. The molecule has 0 bridgehead atoms. The minimum absolute atomic E-state index is 0.127. The molecule has 98 valence electrons. The van der Waals surface area contributed by atoms with Crippen LogP contribution in [0.25, 0.3) is 11.0 Å². The Morgan fingerprint density at radius 3 is 2.89 bits per heavy atom. The van der Waals surface area contributed by atoms with Crippen molar-refractivity contribution < 1.29 is 9.15 Å². The van der Waals surface area contributed by atoms with Crippen molar-refractivity contribution >= 4 is 11.0 Å². The molecule has 0 aliphatic heterocycles. The number of nitrogens with one attached hydrogen (secondary N) is 1. The number of furan rings is 1. The minimum atomic E-state index is 0.127. The van der Waals surface area contributed by atoms with Gasteiger partial charge in [-0.15, -0.1) is 0 Å². The second kappa shape index (κ2) is 6.03. The Bertz CT molecular complexity index is 504. The van der Waals surface area contributed by atoms with Gasteiger partial charge in [0.1, 0.15) is 11.3 Å². The zero-order valence-corrected chi connectivity index (χ0v) is 11.3. The quantitative estimate of drug-likeness (QED) is 0.849. The Balaban J connectivity index is 2.26. The monoisotopic (exact) mass is 247 g/mol. The number of ether oxygens (including phenoxy) is 1. The Morgan fingerprint density at radius 2 is 2.17 bits per heavy atom. The molecule has 0 fully saturated rings. The molecule has 0 aliphatic carbocycles. The van der Waals surface area contributed by atoms with Crippen LogP contribution in [-0.2, 0) is 4.74 Å². The van der Waals surface area contributed by atoms with Crippen LogP contribution in [0.1, 0.15) is 30.7 Å². The van der Waals surface area contributed by atoms with Gasteiger partial charge in [-0.2, -0.15) is 0 Å². The van der Waals surface area contributed by atoms with Crippen LogP contribution in [0.2, 0.25) is 0 Å². The van der Waals surface area contributed by atoms with E-state index in [1.807, 2.05) is 6.07 Å². The lowest BCUT2D eigenvalue weighted by Gasteiger charge is -2.14. The fourth-order valence-electron chi connectivity index (χ4n) is 2.08. The Hall–Kier alpha value is -1.32. The first-order chi connectivity index (χ1) is 8.74. The Kier molecular flexibility index (Phi) is 4.39. The molecular weight excluding hydrogens is 226 g/mol. The smallest absolute Gasteiger partial charge is 0.134 e. The highest BCUT2D eigenvalue weighted by molar-refractivity contribution is 5.78. The number of hydrogen-bond donors (Lipinski definition) is 1. The van der Waals surface area contributed by atoms with Gasteiger partial charge in [-0.1, -0.05) is 18.6 Å². The van der Waals surface area contributed by atoms with Crippen LogP contribution < -0.4 is 5.32 Å². The summed E-state index contributed by atoms with van der Waals surface area (Å²) in [6, 6.07) is 8.47. The molecule has 0 saturated carbocycles. The molecule has 3 nitrogen and oxygen atoms in total. The van der Waals surface area contributed by atoms with Crippen LogP contribution in [-0.4, -0.2) is 20.3 Å². The van der Waals surface area contributed by atoms with Crippen LogP contribution in [0.4, 0.5) is 0 Å². The first kappa shape index (κ1) is 13.1. The lowest BCUT2D eigenvalue weighted by Crippen LogP contribution is -2.25. The van der Waals surface area contributed by atoms with Gasteiger partial charge in [0, 0.05) is 12.5 Å². The predicted molar refractivity (Wildman–Crippen MR) is 73.9 cm³/mol. The van der Waals surface area contributed by atoms with E-state index in [-0.39, 0.29) is 6.04 Å². The predicted octanol–water partition coefficient (Wildman–Crippen LogP) is 3.43. The van der Waals surface area contributed by atoms with Gasteiger partial charge in [0.25, 0.3) is 0 Å². The molecule has 0 saturated heterocycles. The van der Waals surface area contributed by atoms with Crippen LogP contribution in [0.5, 0.6) is 0 Å². The molecule has 0 radical (unpaired) electrons. The third kappa shape index (κ3) is 2.92. The maximum Gasteiger partial charge on any atom is 0.134 e. The summed E-state index contributed by atoms with van der Waals surface area (Å²) in [5.74, 6) is 0.950. The van der Waals surface area contributed by atoms with Crippen molar-refractivity contribution in [3.8, 4) is 0 Å². The molecular formula is C15H21NO2. The van der Waals surface area contributed by atoms with E-state index in [9.17, 15) is 0 Å². The minimum Gasteiger partial charge on any atom is -0.459 e. The summed E-state index contributed by atoms with van der Waals surface area (Å²) >= 11 is 0. The van der Waals surface area contributed by atoms with Gasteiger partial charge in [0.15, 0.2) is 0 Å². The topological polar surface area (TPSA) is 34.4 Å². The number of methoxy groups -OCH3 is 1. The standard InChI is InChI=1S/C15H21NO2/c1-4-7-16-13(10-17-3)15-9-12-8-11(2)5-6-14(12)18-15/h5-6,8-9,13,16H,4,7,10H2,1-3H3. The van der Waals surface area contributed by atoms with E-state index in [2.05, 4.69) is 37.4 Å². The zero-order chi connectivity index (χ0) is 13.0. The maximum atomic E-state index is 5.89. The fraction of sp³-hybridized carbons (Fsp3) is 0.467. The van der Waals surface area contributed by atoms with Crippen LogP contribution >= 0.6 is 0 Å². The molecule has 2 rings (SSSR count). The summed E-state index contributed by atoms with van der Waals surface area (Å²) in [4.78, 5) is 0. The Labute approximate surface area is 108 Å². The van der Waals surface area contributed by atoms with Crippen LogP contribution in [0.15, 0.2) is 28.7 Å². The summed E-state index contributed by atoms with van der Waals surface area (Å²) in [5, 5.41) is 4.60.